The summed E-state index contributed by atoms with van der Waals surface area (Å²) in [6.45, 7) is 0.662. The van der Waals surface area contributed by atoms with Crippen LogP contribution in [0.1, 0.15) is 10.4 Å². The van der Waals surface area contributed by atoms with Gasteiger partial charge in [-0.1, -0.05) is 42.5 Å². The van der Waals surface area contributed by atoms with Crippen LogP contribution in [0.3, 0.4) is 0 Å². The van der Waals surface area contributed by atoms with E-state index < -0.39 is 0 Å². The van der Waals surface area contributed by atoms with Crippen LogP contribution in [0.5, 0.6) is 17.2 Å². The fraction of sp³-hybridized carbons (Fsp3) is 0.0952. The summed E-state index contributed by atoms with van der Waals surface area (Å²) >= 11 is 0. The molecule has 0 radical (unpaired) electrons. The molecule has 132 valence electrons. The van der Waals surface area contributed by atoms with Crippen molar-refractivity contribution in [1.29, 1.82) is 0 Å². The van der Waals surface area contributed by atoms with Crippen LogP contribution in [-0.2, 0) is 0 Å². The Morgan fingerprint density at radius 2 is 1.46 bits per heavy atom. The average molecular weight is 349 g/mol. The molecule has 0 aromatic heterocycles. The van der Waals surface area contributed by atoms with Crippen molar-refractivity contribution < 1.29 is 19.4 Å². The van der Waals surface area contributed by atoms with E-state index in [2.05, 4.69) is 5.32 Å². The summed E-state index contributed by atoms with van der Waals surface area (Å²) in [4.78, 5) is 12.5. The molecule has 0 bridgehead atoms. The van der Waals surface area contributed by atoms with E-state index in [0.717, 1.165) is 5.75 Å². The van der Waals surface area contributed by atoms with Gasteiger partial charge in [0.2, 0.25) is 0 Å². The van der Waals surface area contributed by atoms with Gasteiger partial charge in [-0.25, -0.2) is 0 Å². The summed E-state index contributed by atoms with van der Waals surface area (Å²) in [6.07, 6.45) is 0. The van der Waals surface area contributed by atoms with E-state index in [0.29, 0.717) is 30.2 Å². The third-order valence-electron chi connectivity index (χ3n) is 3.64. The van der Waals surface area contributed by atoms with E-state index in [1.807, 2.05) is 30.3 Å². The molecule has 0 unspecified atom stereocenters. The van der Waals surface area contributed by atoms with Crippen LogP contribution in [0.15, 0.2) is 78.9 Å². The molecule has 0 atom stereocenters. The maximum atomic E-state index is 12.5. The van der Waals surface area contributed by atoms with E-state index in [4.69, 9.17) is 9.47 Å². The second-order valence-corrected chi connectivity index (χ2v) is 5.48. The lowest BCUT2D eigenvalue weighted by molar-refractivity contribution is 0.102. The van der Waals surface area contributed by atoms with Crippen LogP contribution < -0.4 is 14.8 Å². The first-order valence-corrected chi connectivity index (χ1v) is 8.23. The average Bonchev–Trinajstić information content (AvgIpc) is 2.68. The van der Waals surface area contributed by atoms with Gasteiger partial charge in [-0.3, -0.25) is 4.79 Å². The molecule has 0 aliphatic heterocycles. The Kier molecular flexibility index (Phi) is 5.72. The minimum Gasteiger partial charge on any atom is -0.506 e. The number of carbonyl (C=O) groups is 1. The molecule has 3 aromatic carbocycles. The number of phenols is 1. The van der Waals surface area contributed by atoms with Gasteiger partial charge in [0.15, 0.2) is 0 Å². The van der Waals surface area contributed by atoms with Crippen molar-refractivity contribution in [2.24, 2.45) is 0 Å². The number of aromatic hydroxyl groups is 1. The number of hydrogen-bond acceptors (Lipinski definition) is 4. The lowest BCUT2D eigenvalue weighted by atomic mass is 10.2. The lowest BCUT2D eigenvalue weighted by Gasteiger charge is -2.13. The Balaban J connectivity index is 1.60. The number of anilines is 1. The largest absolute Gasteiger partial charge is 0.506 e. The number of nitrogens with one attached hydrogen (secondary N) is 1. The van der Waals surface area contributed by atoms with E-state index in [1.54, 1.807) is 42.5 Å². The quantitative estimate of drug-likeness (QED) is 0.498. The molecular formula is C21H19NO4. The normalized spacial score (nSPS) is 10.2. The molecule has 3 aromatic rings. The summed E-state index contributed by atoms with van der Waals surface area (Å²) in [7, 11) is 0. The topological polar surface area (TPSA) is 67.8 Å². The highest BCUT2D eigenvalue weighted by molar-refractivity contribution is 6.06. The predicted octanol–water partition coefficient (Wildman–Crippen LogP) is 4.10. The minimum absolute atomic E-state index is 0.00973. The van der Waals surface area contributed by atoms with Gasteiger partial charge in [-0.05, 0) is 36.4 Å². The summed E-state index contributed by atoms with van der Waals surface area (Å²) in [5.74, 6) is 0.875. The first-order valence-electron chi connectivity index (χ1n) is 8.23. The van der Waals surface area contributed by atoms with Crippen molar-refractivity contribution in [3.8, 4) is 17.2 Å². The SMILES string of the molecule is O=C(Nc1ccccc1O)c1ccccc1OCCOc1ccccc1. The van der Waals surface area contributed by atoms with Gasteiger partial charge in [0.25, 0.3) is 5.91 Å². The minimum atomic E-state index is -0.355. The zero-order chi connectivity index (χ0) is 18.2. The Labute approximate surface area is 151 Å². The molecule has 0 spiro atoms. The summed E-state index contributed by atoms with van der Waals surface area (Å²) in [6, 6.07) is 23.0. The maximum absolute atomic E-state index is 12.5. The third-order valence-corrected chi connectivity index (χ3v) is 3.64. The second-order valence-electron chi connectivity index (χ2n) is 5.48. The summed E-state index contributed by atoms with van der Waals surface area (Å²) < 4.78 is 11.3. The number of benzene rings is 3. The second kappa shape index (κ2) is 8.58. The maximum Gasteiger partial charge on any atom is 0.259 e. The Bertz CT molecular complexity index is 865. The number of phenolic OH excluding ortho intramolecular Hbond substituents is 1. The number of ether oxygens (including phenoxy) is 2. The highest BCUT2D eigenvalue weighted by atomic mass is 16.5. The van der Waals surface area contributed by atoms with Gasteiger partial charge in [0.05, 0.1) is 11.3 Å². The van der Waals surface area contributed by atoms with Crippen molar-refractivity contribution in [3.63, 3.8) is 0 Å². The molecule has 26 heavy (non-hydrogen) atoms. The Morgan fingerprint density at radius 3 is 2.27 bits per heavy atom. The highest BCUT2D eigenvalue weighted by Gasteiger charge is 2.13. The van der Waals surface area contributed by atoms with Gasteiger partial charge in [-0.15, -0.1) is 0 Å². The van der Waals surface area contributed by atoms with Gasteiger partial charge in [-0.2, -0.15) is 0 Å². The smallest absolute Gasteiger partial charge is 0.259 e. The van der Waals surface area contributed by atoms with Gasteiger partial charge >= 0.3 is 0 Å². The standard InChI is InChI=1S/C21H19NO4/c23-19-12-6-5-11-18(19)22-21(24)17-10-4-7-13-20(17)26-15-14-25-16-8-2-1-3-9-16/h1-13,23H,14-15H2,(H,22,24). The van der Waals surface area contributed by atoms with E-state index in [-0.39, 0.29) is 11.7 Å². The number of amides is 1. The van der Waals surface area contributed by atoms with Crippen molar-refractivity contribution >= 4 is 11.6 Å². The van der Waals surface area contributed by atoms with Crippen molar-refractivity contribution in [3.05, 3.63) is 84.4 Å². The number of para-hydroxylation sites is 4. The van der Waals surface area contributed by atoms with Gasteiger partial charge < -0.3 is 19.9 Å². The molecule has 0 heterocycles. The van der Waals surface area contributed by atoms with E-state index >= 15 is 0 Å². The fourth-order valence-corrected chi connectivity index (χ4v) is 2.38. The molecule has 0 saturated heterocycles. The van der Waals surface area contributed by atoms with Crippen molar-refractivity contribution in [2.45, 2.75) is 0 Å². The molecule has 3 rings (SSSR count). The Morgan fingerprint density at radius 1 is 0.808 bits per heavy atom. The van der Waals surface area contributed by atoms with Crippen molar-refractivity contribution in [2.75, 3.05) is 18.5 Å². The molecule has 0 aliphatic carbocycles. The van der Waals surface area contributed by atoms with Crippen molar-refractivity contribution in [1.82, 2.24) is 0 Å². The van der Waals surface area contributed by atoms with E-state index in [1.165, 1.54) is 6.07 Å². The molecule has 0 saturated carbocycles. The third kappa shape index (κ3) is 4.54. The first-order chi connectivity index (χ1) is 12.7. The fourth-order valence-electron chi connectivity index (χ4n) is 2.38. The highest BCUT2D eigenvalue weighted by Crippen LogP contribution is 2.24. The Hall–Kier alpha value is -3.47. The number of carbonyl (C=O) groups excluding carboxylic acids is 1. The van der Waals surface area contributed by atoms with Gasteiger partial charge in [0, 0.05) is 0 Å². The first kappa shape index (κ1) is 17.4. The monoisotopic (exact) mass is 349 g/mol. The predicted molar refractivity (Wildman–Crippen MR) is 99.9 cm³/mol. The molecule has 2 N–H and O–H groups in total. The molecule has 1 amide bonds. The van der Waals surface area contributed by atoms with E-state index in [9.17, 15) is 9.90 Å². The van der Waals surface area contributed by atoms with Crippen LogP contribution in [0.2, 0.25) is 0 Å². The van der Waals surface area contributed by atoms with Crippen LogP contribution in [0.25, 0.3) is 0 Å². The van der Waals surface area contributed by atoms with Crippen LogP contribution in [-0.4, -0.2) is 24.2 Å². The van der Waals surface area contributed by atoms with Gasteiger partial charge in [0.1, 0.15) is 30.5 Å². The zero-order valence-corrected chi connectivity index (χ0v) is 14.1. The number of hydrogen-bond donors (Lipinski definition) is 2. The van der Waals surface area contributed by atoms with Crippen LogP contribution in [0, 0.1) is 0 Å². The molecule has 0 fully saturated rings. The molecule has 5 heteroatoms. The molecule has 0 aliphatic rings. The zero-order valence-electron chi connectivity index (χ0n) is 14.1. The summed E-state index contributed by atoms with van der Waals surface area (Å²) in [5, 5.41) is 12.5. The number of rotatable bonds is 7. The van der Waals surface area contributed by atoms with Crippen LogP contribution >= 0.6 is 0 Å². The lowest BCUT2D eigenvalue weighted by Crippen LogP contribution is -2.15. The molecule has 5 nitrogen and oxygen atoms in total. The van der Waals surface area contributed by atoms with Crippen LogP contribution in [0.4, 0.5) is 5.69 Å². The molecular weight excluding hydrogens is 330 g/mol. The summed E-state index contributed by atoms with van der Waals surface area (Å²) in [5.41, 5.74) is 0.732.